The molecule has 1 N–H and O–H groups in total. The number of aromatic carboxylic acids is 1. The van der Waals surface area contributed by atoms with Crippen LogP contribution in [0.4, 0.5) is 0 Å². The van der Waals surface area contributed by atoms with E-state index in [1.165, 1.54) is 16.8 Å². The number of nitrogens with zero attached hydrogens (tertiary/aromatic N) is 3. The summed E-state index contributed by atoms with van der Waals surface area (Å²) in [5.41, 5.74) is 2.06. The van der Waals surface area contributed by atoms with Crippen LogP contribution in [-0.2, 0) is 9.84 Å². The molecule has 0 spiro atoms. The Morgan fingerprint density at radius 1 is 1.04 bits per heavy atom. The Morgan fingerprint density at radius 3 is 2.15 bits per heavy atom. The van der Waals surface area contributed by atoms with Gasteiger partial charge in [0.25, 0.3) is 0 Å². The Kier molecular flexibility index (Phi) is 4.84. The summed E-state index contributed by atoms with van der Waals surface area (Å²) in [6.07, 6.45) is 0. The lowest BCUT2D eigenvalue weighted by Gasteiger charge is -2.07. The monoisotopic (exact) mass is 385 g/mol. The molecule has 1 heterocycles. The molecule has 0 bridgehead atoms. The van der Waals surface area contributed by atoms with E-state index in [0.717, 1.165) is 5.56 Å². The summed E-state index contributed by atoms with van der Waals surface area (Å²) in [4.78, 5) is 11.1. The lowest BCUT2D eigenvalue weighted by atomic mass is 10.0. The van der Waals surface area contributed by atoms with Gasteiger partial charge in [-0.2, -0.15) is 0 Å². The van der Waals surface area contributed by atoms with E-state index >= 15 is 0 Å². The van der Waals surface area contributed by atoms with Gasteiger partial charge >= 0.3 is 5.97 Å². The zero-order valence-corrected chi connectivity index (χ0v) is 15.9. The Morgan fingerprint density at radius 2 is 1.63 bits per heavy atom. The summed E-state index contributed by atoms with van der Waals surface area (Å²) in [6, 6.07) is 12.7. The van der Waals surface area contributed by atoms with Crippen LogP contribution in [0.5, 0.6) is 0 Å². The average Bonchev–Trinajstić information content (AvgIpc) is 3.04. The second-order valence-corrected chi connectivity index (χ2v) is 8.34. The van der Waals surface area contributed by atoms with Crippen molar-refractivity contribution in [2.24, 2.45) is 0 Å². The molecule has 27 heavy (non-hydrogen) atoms. The van der Waals surface area contributed by atoms with Gasteiger partial charge in [0.05, 0.1) is 21.8 Å². The second-order valence-electron chi connectivity index (χ2n) is 6.47. The summed E-state index contributed by atoms with van der Waals surface area (Å²) in [5, 5.41) is 16.7. The molecular weight excluding hydrogens is 366 g/mol. The zero-order chi connectivity index (χ0) is 19.8. The highest BCUT2D eigenvalue weighted by atomic mass is 32.2. The van der Waals surface area contributed by atoms with Crippen molar-refractivity contribution in [2.75, 3.05) is 0 Å². The maximum absolute atomic E-state index is 12.9. The number of sulfone groups is 1. The van der Waals surface area contributed by atoms with E-state index in [0.29, 0.717) is 17.3 Å². The van der Waals surface area contributed by atoms with Crippen molar-refractivity contribution < 1.29 is 18.3 Å². The normalized spacial score (nSPS) is 11.7. The molecule has 0 amide bonds. The van der Waals surface area contributed by atoms with Crippen LogP contribution in [0.2, 0.25) is 0 Å². The molecule has 0 unspecified atom stereocenters. The maximum atomic E-state index is 12.9. The van der Waals surface area contributed by atoms with Gasteiger partial charge in [0, 0.05) is 0 Å². The highest BCUT2D eigenvalue weighted by Crippen LogP contribution is 2.25. The van der Waals surface area contributed by atoms with Crippen molar-refractivity contribution in [1.82, 2.24) is 15.0 Å². The molecule has 2 aromatic carbocycles. The van der Waals surface area contributed by atoms with Crippen LogP contribution in [0.1, 0.15) is 41.4 Å². The van der Waals surface area contributed by atoms with Crippen molar-refractivity contribution in [3.63, 3.8) is 0 Å². The second kappa shape index (κ2) is 6.96. The predicted octanol–water partition coefficient (Wildman–Crippen LogP) is 3.23. The Bertz CT molecular complexity index is 1080. The quantitative estimate of drug-likeness (QED) is 0.723. The fourth-order valence-electron chi connectivity index (χ4n) is 2.70. The molecule has 0 saturated carbocycles. The van der Waals surface area contributed by atoms with Crippen molar-refractivity contribution in [3.8, 4) is 5.69 Å². The molecule has 0 aliphatic carbocycles. The van der Waals surface area contributed by atoms with Crippen molar-refractivity contribution in [1.29, 1.82) is 0 Å². The van der Waals surface area contributed by atoms with Gasteiger partial charge in [0.15, 0.2) is 0 Å². The molecule has 3 aromatic rings. The van der Waals surface area contributed by atoms with Crippen molar-refractivity contribution in [3.05, 3.63) is 65.4 Å². The summed E-state index contributed by atoms with van der Waals surface area (Å²) in [5.74, 6) is -0.733. The SMILES string of the molecule is Cc1c(S(=O)(=O)c2ccc(C(C)C)cc2)nnn1-c1ccc(C(=O)O)cc1. The predicted molar refractivity (Wildman–Crippen MR) is 99.0 cm³/mol. The van der Waals surface area contributed by atoms with Crippen LogP contribution in [0.15, 0.2) is 58.5 Å². The molecule has 7 nitrogen and oxygen atoms in total. The van der Waals surface area contributed by atoms with E-state index in [-0.39, 0.29) is 15.5 Å². The van der Waals surface area contributed by atoms with Gasteiger partial charge in [-0.25, -0.2) is 17.9 Å². The summed E-state index contributed by atoms with van der Waals surface area (Å²) >= 11 is 0. The number of carboxylic acids is 1. The third kappa shape index (κ3) is 3.48. The topological polar surface area (TPSA) is 102 Å². The molecule has 0 atom stereocenters. The Labute approximate surface area is 157 Å². The third-order valence-corrected chi connectivity index (χ3v) is 6.10. The minimum Gasteiger partial charge on any atom is -0.478 e. The summed E-state index contributed by atoms with van der Waals surface area (Å²) in [6.45, 7) is 5.68. The van der Waals surface area contributed by atoms with Gasteiger partial charge in [-0.05, 0) is 54.8 Å². The van der Waals surface area contributed by atoms with Crippen LogP contribution >= 0.6 is 0 Å². The minimum absolute atomic E-state index is 0.123. The highest BCUT2D eigenvalue weighted by molar-refractivity contribution is 7.91. The van der Waals surface area contributed by atoms with Crippen molar-refractivity contribution >= 4 is 15.8 Å². The Hall–Kier alpha value is -3.00. The molecule has 8 heteroatoms. The molecule has 0 radical (unpaired) electrons. The van der Waals surface area contributed by atoms with Gasteiger partial charge in [-0.3, -0.25) is 0 Å². The van der Waals surface area contributed by atoms with E-state index < -0.39 is 15.8 Å². The molecule has 3 rings (SSSR count). The van der Waals surface area contributed by atoms with Crippen LogP contribution in [0.25, 0.3) is 5.69 Å². The van der Waals surface area contributed by atoms with Crippen LogP contribution in [-0.4, -0.2) is 34.5 Å². The third-order valence-electron chi connectivity index (χ3n) is 4.32. The zero-order valence-electron chi connectivity index (χ0n) is 15.1. The van der Waals surface area contributed by atoms with Crippen LogP contribution in [0, 0.1) is 6.92 Å². The summed E-state index contributed by atoms with van der Waals surface area (Å²) < 4.78 is 27.2. The van der Waals surface area contributed by atoms with Gasteiger partial charge in [-0.15, -0.1) is 5.10 Å². The lowest BCUT2D eigenvalue weighted by Crippen LogP contribution is -2.06. The van der Waals surface area contributed by atoms with Gasteiger partial charge in [-0.1, -0.05) is 31.2 Å². The first-order chi connectivity index (χ1) is 12.7. The molecule has 0 aliphatic rings. The lowest BCUT2D eigenvalue weighted by molar-refractivity contribution is 0.0697. The van der Waals surface area contributed by atoms with Crippen LogP contribution < -0.4 is 0 Å². The van der Waals surface area contributed by atoms with E-state index in [2.05, 4.69) is 10.3 Å². The van der Waals surface area contributed by atoms with E-state index in [1.807, 2.05) is 13.8 Å². The number of hydrogen-bond acceptors (Lipinski definition) is 5. The fraction of sp³-hybridized carbons (Fsp3) is 0.211. The molecule has 0 aliphatic heterocycles. The molecule has 0 fully saturated rings. The minimum atomic E-state index is -3.81. The molecule has 1 aromatic heterocycles. The number of carboxylic acid groups (broad SMARTS) is 1. The van der Waals surface area contributed by atoms with E-state index in [9.17, 15) is 13.2 Å². The summed E-state index contributed by atoms with van der Waals surface area (Å²) in [7, 11) is -3.81. The molecule has 140 valence electrons. The first kappa shape index (κ1) is 18.8. The number of carbonyl (C=O) groups is 1. The standard InChI is InChI=1S/C19H19N3O4S/c1-12(2)14-6-10-17(11-7-14)27(25,26)18-13(3)22(21-20-18)16-8-4-15(5-9-16)19(23)24/h4-12H,1-3H3,(H,23,24). The first-order valence-electron chi connectivity index (χ1n) is 8.33. The maximum Gasteiger partial charge on any atom is 0.335 e. The average molecular weight is 385 g/mol. The first-order valence-corrected chi connectivity index (χ1v) is 9.81. The van der Waals surface area contributed by atoms with Gasteiger partial charge < -0.3 is 5.11 Å². The smallest absolute Gasteiger partial charge is 0.335 e. The fourth-order valence-corrected chi connectivity index (χ4v) is 4.03. The van der Waals surface area contributed by atoms with E-state index in [1.54, 1.807) is 43.3 Å². The molecule has 0 saturated heterocycles. The number of rotatable bonds is 5. The van der Waals surface area contributed by atoms with E-state index in [4.69, 9.17) is 5.11 Å². The highest BCUT2D eigenvalue weighted by Gasteiger charge is 2.26. The number of benzene rings is 2. The van der Waals surface area contributed by atoms with Gasteiger partial charge in [0.2, 0.25) is 14.9 Å². The number of hydrogen-bond donors (Lipinski definition) is 1. The van der Waals surface area contributed by atoms with Crippen LogP contribution in [0.3, 0.4) is 0 Å². The number of aromatic nitrogens is 3. The Balaban J connectivity index is 1.99. The van der Waals surface area contributed by atoms with Gasteiger partial charge in [0.1, 0.15) is 0 Å². The largest absolute Gasteiger partial charge is 0.478 e. The molecular formula is C19H19N3O4S. The van der Waals surface area contributed by atoms with Crippen molar-refractivity contribution in [2.45, 2.75) is 36.6 Å².